The largest absolute Gasteiger partial charge is 0.481 e. The molecular weight excluding hydrogens is 196 g/mol. The first-order chi connectivity index (χ1) is 6.68. The molecule has 2 nitrogen and oxygen atoms in total. The van der Waals surface area contributed by atoms with Crippen molar-refractivity contribution in [3.63, 3.8) is 0 Å². The van der Waals surface area contributed by atoms with E-state index < -0.39 is 5.97 Å². The van der Waals surface area contributed by atoms with E-state index in [4.69, 9.17) is 5.11 Å². The molecule has 0 saturated carbocycles. The van der Waals surface area contributed by atoms with Crippen molar-refractivity contribution < 1.29 is 9.90 Å². The van der Waals surface area contributed by atoms with Gasteiger partial charge in [0.05, 0.1) is 6.42 Å². The maximum absolute atomic E-state index is 10.6. The zero-order chi connectivity index (χ0) is 10.1. The first kappa shape index (κ1) is 9.21. The highest BCUT2D eigenvalue weighted by atomic mass is 32.1. The molecule has 72 valence electrons. The summed E-state index contributed by atoms with van der Waals surface area (Å²) in [4.78, 5) is 11.6. The van der Waals surface area contributed by atoms with Crippen molar-refractivity contribution in [2.24, 2.45) is 0 Å². The molecule has 0 fully saturated rings. The van der Waals surface area contributed by atoms with Gasteiger partial charge in [0, 0.05) is 9.58 Å². The number of thiophene rings is 1. The molecule has 0 aliphatic heterocycles. The number of hydrogen-bond acceptors (Lipinski definition) is 2. The minimum absolute atomic E-state index is 0.130. The fourth-order valence-electron chi connectivity index (χ4n) is 1.53. The highest BCUT2D eigenvalue weighted by Crippen LogP contribution is 2.30. The second-order valence-corrected chi connectivity index (χ2v) is 4.35. The Labute approximate surface area is 85.8 Å². The van der Waals surface area contributed by atoms with Crippen LogP contribution in [0.25, 0.3) is 10.1 Å². The number of carbonyl (C=O) groups is 1. The van der Waals surface area contributed by atoms with E-state index in [1.165, 1.54) is 10.1 Å². The molecule has 1 aromatic heterocycles. The first-order valence-electron chi connectivity index (χ1n) is 4.37. The second kappa shape index (κ2) is 3.42. The van der Waals surface area contributed by atoms with E-state index in [0.29, 0.717) is 0 Å². The van der Waals surface area contributed by atoms with Gasteiger partial charge in [0.2, 0.25) is 0 Å². The summed E-state index contributed by atoms with van der Waals surface area (Å²) in [6, 6.07) is 8.01. The van der Waals surface area contributed by atoms with Crippen molar-refractivity contribution in [1.82, 2.24) is 0 Å². The van der Waals surface area contributed by atoms with Crippen molar-refractivity contribution in [2.75, 3.05) is 0 Å². The SMILES string of the molecule is Cc1c(CC(=O)O)sc2ccccc12. The van der Waals surface area contributed by atoms with Gasteiger partial charge in [0.1, 0.15) is 0 Å². The van der Waals surface area contributed by atoms with Gasteiger partial charge in [-0.25, -0.2) is 0 Å². The number of aliphatic carboxylic acids is 1. The molecule has 1 heterocycles. The normalized spacial score (nSPS) is 10.6. The molecule has 0 saturated heterocycles. The lowest BCUT2D eigenvalue weighted by Crippen LogP contribution is -1.98. The number of rotatable bonds is 2. The molecule has 0 aliphatic rings. The number of carboxylic acids is 1. The molecule has 0 unspecified atom stereocenters. The van der Waals surface area contributed by atoms with Crippen LogP contribution in [0.3, 0.4) is 0 Å². The molecule has 3 heteroatoms. The van der Waals surface area contributed by atoms with Crippen LogP contribution in [0, 0.1) is 6.92 Å². The maximum Gasteiger partial charge on any atom is 0.308 e. The van der Waals surface area contributed by atoms with Crippen LogP contribution in [0.5, 0.6) is 0 Å². The zero-order valence-corrected chi connectivity index (χ0v) is 8.60. The van der Waals surface area contributed by atoms with Crippen LogP contribution >= 0.6 is 11.3 Å². The standard InChI is InChI=1S/C11H10O2S/c1-7-8-4-2-3-5-9(8)14-10(7)6-11(12)13/h2-5H,6H2,1H3,(H,12,13). The van der Waals surface area contributed by atoms with Crippen molar-refractivity contribution in [3.8, 4) is 0 Å². The molecule has 0 spiro atoms. The van der Waals surface area contributed by atoms with E-state index in [1.807, 2.05) is 31.2 Å². The number of benzene rings is 1. The lowest BCUT2D eigenvalue weighted by atomic mass is 10.1. The Bertz CT molecular complexity index is 485. The molecule has 0 atom stereocenters. The zero-order valence-electron chi connectivity index (χ0n) is 7.78. The average Bonchev–Trinajstić information content (AvgIpc) is 2.44. The van der Waals surface area contributed by atoms with Gasteiger partial charge in [-0.3, -0.25) is 4.79 Å². The molecule has 0 radical (unpaired) electrons. The van der Waals surface area contributed by atoms with Crippen molar-refractivity contribution in [3.05, 3.63) is 34.7 Å². The fourth-order valence-corrected chi connectivity index (χ4v) is 2.73. The van der Waals surface area contributed by atoms with Gasteiger partial charge < -0.3 is 5.11 Å². The van der Waals surface area contributed by atoms with E-state index >= 15 is 0 Å². The minimum atomic E-state index is -0.764. The Hall–Kier alpha value is -1.35. The number of fused-ring (bicyclic) bond motifs is 1. The summed E-state index contributed by atoms with van der Waals surface area (Å²) in [6.07, 6.45) is 0.130. The van der Waals surface area contributed by atoms with Crippen LogP contribution < -0.4 is 0 Å². The predicted octanol–water partition coefficient (Wildman–Crippen LogP) is 2.84. The highest BCUT2D eigenvalue weighted by Gasteiger charge is 2.10. The van der Waals surface area contributed by atoms with Gasteiger partial charge in [-0.1, -0.05) is 18.2 Å². The second-order valence-electron chi connectivity index (χ2n) is 3.22. The maximum atomic E-state index is 10.6. The van der Waals surface area contributed by atoms with Gasteiger partial charge in [0.15, 0.2) is 0 Å². The summed E-state index contributed by atoms with van der Waals surface area (Å²) in [7, 11) is 0. The van der Waals surface area contributed by atoms with Crippen LogP contribution in [0.4, 0.5) is 0 Å². The topological polar surface area (TPSA) is 37.3 Å². The van der Waals surface area contributed by atoms with E-state index in [-0.39, 0.29) is 6.42 Å². The van der Waals surface area contributed by atoms with Crippen LogP contribution in [0.2, 0.25) is 0 Å². The van der Waals surface area contributed by atoms with Crippen LogP contribution in [-0.2, 0) is 11.2 Å². The van der Waals surface area contributed by atoms with E-state index in [9.17, 15) is 4.79 Å². The Morgan fingerprint density at radius 3 is 2.79 bits per heavy atom. The van der Waals surface area contributed by atoms with Crippen LogP contribution in [-0.4, -0.2) is 11.1 Å². The third-order valence-electron chi connectivity index (χ3n) is 2.25. The predicted molar refractivity (Wildman–Crippen MR) is 57.9 cm³/mol. The fraction of sp³-hybridized carbons (Fsp3) is 0.182. The first-order valence-corrected chi connectivity index (χ1v) is 5.19. The van der Waals surface area contributed by atoms with E-state index in [1.54, 1.807) is 11.3 Å². The highest BCUT2D eigenvalue weighted by molar-refractivity contribution is 7.19. The third-order valence-corrected chi connectivity index (χ3v) is 3.53. The number of aryl methyl sites for hydroxylation is 1. The molecule has 2 aromatic rings. The monoisotopic (exact) mass is 206 g/mol. The van der Waals surface area contributed by atoms with Gasteiger partial charge in [-0.2, -0.15) is 0 Å². The molecule has 1 N–H and O–H groups in total. The van der Waals surface area contributed by atoms with Gasteiger partial charge >= 0.3 is 5.97 Å². The summed E-state index contributed by atoms with van der Waals surface area (Å²) in [5.74, 6) is -0.764. The smallest absolute Gasteiger partial charge is 0.308 e. The van der Waals surface area contributed by atoms with Crippen LogP contribution in [0.1, 0.15) is 10.4 Å². The quantitative estimate of drug-likeness (QED) is 0.820. The minimum Gasteiger partial charge on any atom is -0.481 e. The van der Waals surface area contributed by atoms with Crippen molar-refractivity contribution >= 4 is 27.4 Å². The van der Waals surface area contributed by atoms with Gasteiger partial charge in [0.25, 0.3) is 0 Å². The van der Waals surface area contributed by atoms with Gasteiger partial charge in [-0.15, -0.1) is 11.3 Å². The molecular formula is C11H10O2S. The molecule has 0 bridgehead atoms. The number of hydrogen-bond donors (Lipinski definition) is 1. The molecule has 14 heavy (non-hydrogen) atoms. The average molecular weight is 206 g/mol. The Morgan fingerprint density at radius 1 is 1.43 bits per heavy atom. The van der Waals surface area contributed by atoms with Gasteiger partial charge in [-0.05, 0) is 23.9 Å². The molecule has 1 aromatic carbocycles. The Kier molecular flexibility index (Phi) is 2.25. The summed E-state index contributed by atoms with van der Waals surface area (Å²) in [5.41, 5.74) is 1.10. The summed E-state index contributed by atoms with van der Waals surface area (Å²) in [5, 5.41) is 9.90. The molecule has 0 amide bonds. The summed E-state index contributed by atoms with van der Waals surface area (Å²) < 4.78 is 1.17. The van der Waals surface area contributed by atoms with Crippen molar-refractivity contribution in [2.45, 2.75) is 13.3 Å². The Morgan fingerprint density at radius 2 is 2.14 bits per heavy atom. The van der Waals surface area contributed by atoms with Crippen LogP contribution in [0.15, 0.2) is 24.3 Å². The summed E-state index contributed by atoms with van der Waals surface area (Å²) >= 11 is 1.57. The van der Waals surface area contributed by atoms with E-state index in [2.05, 4.69) is 0 Å². The Balaban J connectivity index is 2.57. The summed E-state index contributed by atoms with van der Waals surface area (Å²) in [6.45, 7) is 1.98. The number of carboxylic acid groups (broad SMARTS) is 1. The lowest BCUT2D eigenvalue weighted by molar-refractivity contribution is -0.136. The van der Waals surface area contributed by atoms with Crippen molar-refractivity contribution in [1.29, 1.82) is 0 Å². The molecule has 0 aliphatic carbocycles. The molecule has 2 rings (SSSR count). The third kappa shape index (κ3) is 1.51. The van der Waals surface area contributed by atoms with E-state index in [0.717, 1.165) is 10.4 Å². The lowest BCUT2D eigenvalue weighted by Gasteiger charge is -1.93.